The largest absolute Gasteiger partial charge is 0.478 e. The van der Waals surface area contributed by atoms with Gasteiger partial charge in [0.15, 0.2) is 0 Å². The fraction of sp³-hybridized carbons (Fsp3) is 0.333. The number of rotatable bonds is 3. The number of carboxylic acid groups (broad SMARTS) is 1. The van der Waals surface area contributed by atoms with Gasteiger partial charge in [-0.25, -0.2) is 4.79 Å². The Morgan fingerprint density at radius 1 is 1.69 bits per heavy atom. The molecule has 0 fully saturated rings. The second kappa shape index (κ2) is 4.23. The number of halogens is 1. The molecular weight excluding hydrogens is 190 g/mol. The van der Waals surface area contributed by atoms with Gasteiger partial charge in [0.2, 0.25) is 0 Å². The van der Waals surface area contributed by atoms with E-state index in [1.807, 2.05) is 6.92 Å². The highest BCUT2D eigenvalue weighted by atomic mass is 35.5. The van der Waals surface area contributed by atoms with Crippen LogP contribution in [0.4, 0.5) is 0 Å². The Balaban J connectivity index is 2.75. The zero-order valence-electron chi connectivity index (χ0n) is 7.20. The number of alkyl halides is 1. The Morgan fingerprint density at radius 3 is 2.77 bits per heavy atom. The third kappa shape index (κ3) is 3.03. The van der Waals surface area contributed by atoms with Crippen LogP contribution in [0.1, 0.15) is 23.0 Å². The lowest BCUT2D eigenvalue weighted by Crippen LogP contribution is -2.02. The van der Waals surface area contributed by atoms with Gasteiger partial charge in [0.1, 0.15) is 0 Å². The fourth-order valence-electron chi connectivity index (χ4n) is 0.960. The summed E-state index contributed by atoms with van der Waals surface area (Å²) in [6.07, 6.45) is 2.00. The van der Waals surface area contributed by atoms with Gasteiger partial charge in [0.25, 0.3) is 0 Å². The van der Waals surface area contributed by atoms with Crippen LogP contribution in [0.2, 0.25) is 0 Å². The second-order valence-corrected chi connectivity index (χ2v) is 3.57. The van der Waals surface area contributed by atoms with E-state index in [0.717, 1.165) is 5.69 Å². The molecule has 0 aromatic carbocycles. The number of carbonyl (C=O) groups is 1. The molecule has 0 aliphatic heterocycles. The van der Waals surface area contributed by atoms with Crippen LogP contribution in [0.3, 0.4) is 0 Å². The van der Waals surface area contributed by atoms with E-state index < -0.39 is 5.97 Å². The molecule has 0 bridgehead atoms. The molecule has 0 spiro atoms. The van der Waals surface area contributed by atoms with Gasteiger partial charge in [-0.1, -0.05) is 0 Å². The van der Waals surface area contributed by atoms with Crippen LogP contribution >= 0.6 is 11.6 Å². The number of aromatic nitrogens is 1. The van der Waals surface area contributed by atoms with Crippen molar-refractivity contribution in [3.05, 3.63) is 29.6 Å². The lowest BCUT2D eigenvalue weighted by molar-refractivity contribution is 0.0696. The summed E-state index contributed by atoms with van der Waals surface area (Å²) in [6, 6.07) is 3.21. The molecule has 1 aromatic rings. The number of hydrogen-bond donors (Lipinski definition) is 1. The maximum absolute atomic E-state index is 10.5. The SMILES string of the molecule is CC(Cl)Cc1ccc(C(=O)O)cn1. The number of hydrogen-bond acceptors (Lipinski definition) is 2. The normalized spacial score (nSPS) is 12.5. The van der Waals surface area contributed by atoms with E-state index in [-0.39, 0.29) is 10.9 Å². The van der Waals surface area contributed by atoms with Crippen molar-refractivity contribution in [2.24, 2.45) is 0 Å². The summed E-state index contributed by atoms with van der Waals surface area (Å²) < 4.78 is 0. The molecule has 13 heavy (non-hydrogen) atoms. The molecular formula is C9H10ClNO2. The maximum atomic E-state index is 10.5. The van der Waals surface area contributed by atoms with Gasteiger partial charge in [-0.3, -0.25) is 4.98 Å². The molecule has 1 N–H and O–H groups in total. The van der Waals surface area contributed by atoms with E-state index in [1.54, 1.807) is 6.07 Å². The molecule has 4 heteroatoms. The lowest BCUT2D eigenvalue weighted by atomic mass is 10.2. The first-order valence-electron chi connectivity index (χ1n) is 3.92. The van der Waals surface area contributed by atoms with E-state index in [9.17, 15) is 4.79 Å². The molecule has 70 valence electrons. The Morgan fingerprint density at radius 2 is 2.38 bits per heavy atom. The monoisotopic (exact) mass is 199 g/mol. The van der Waals surface area contributed by atoms with Crippen molar-refractivity contribution in [1.82, 2.24) is 4.98 Å². The molecule has 1 unspecified atom stereocenters. The standard InChI is InChI=1S/C9H10ClNO2/c1-6(10)4-8-3-2-7(5-11-8)9(12)13/h2-3,5-6H,4H2,1H3,(H,12,13). The van der Waals surface area contributed by atoms with Gasteiger partial charge in [-0.05, 0) is 19.1 Å². The average Bonchev–Trinajstić information content (AvgIpc) is 2.04. The first-order valence-corrected chi connectivity index (χ1v) is 4.35. The van der Waals surface area contributed by atoms with E-state index in [2.05, 4.69) is 4.98 Å². The van der Waals surface area contributed by atoms with Crippen LogP contribution in [0, 0.1) is 0 Å². The van der Waals surface area contributed by atoms with Crippen molar-refractivity contribution < 1.29 is 9.90 Å². The summed E-state index contributed by atoms with van der Waals surface area (Å²) in [4.78, 5) is 14.4. The number of aromatic carboxylic acids is 1. The summed E-state index contributed by atoms with van der Waals surface area (Å²) in [7, 11) is 0. The van der Waals surface area contributed by atoms with Gasteiger partial charge < -0.3 is 5.11 Å². The zero-order chi connectivity index (χ0) is 9.84. The minimum absolute atomic E-state index is 0.0168. The van der Waals surface area contributed by atoms with Crippen molar-refractivity contribution in [2.45, 2.75) is 18.7 Å². The summed E-state index contributed by atoms with van der Waals surface area (Å²) >= 11 is 5.76. The van der Waals surface area contributed by atoms with Crippen molar-refractivity contribution in [3.8, 4) is 0 Å². The van der Waals surface area contributed by atoms with Gasteiger partial charge in [-0.15, -0.1) is 11.6 Å². The number of carboxylic acids is 1. The fourth-order valence-corrected chi connectivity index (χ4v) is 1.12. The quantitative estimate of drug-likeness (QED) is 0.757. The molecule has 0 aliphatic carbocycles. The molecule has 0 amide bonds. The molecule has 0 radical (unpaired) electrons. The van der Waals surface area contributed by atoms with E-state index in [1.165, 1.54) is 12.3 Å². The van der Waals surface area contributed by atoms with Crippen molar-refractivity contribution in [2.75, 3.05) is 0 Å². The highest BCUT2D eigenvalue weighted by Crippen LogP contribution is 2.06. The molecule has 1 atom stereocenters. The van der Waals surface area contributed by atoms with Gasteiger partial charge >= 0.3 is 5.97 Å². The highest BCUT2D eigenvalue weighted by molar-refractivity contribution is 6.20. The van der Waals surface area contributed by atoms with Crippen LogP contribution in [-0.4, -0.2) is 21.4 Å². The molecule has 1 heterocycles. The molecule has 0 saturated carbocycles. The van der Waals surface area contributed by atoms with E-state index >= 15 is 0 Å². The Bertz CT molecular complexity index is 295. The first kappa shape index (κ1) is 9.99. The molecule has 3 nitrogen and oxygen atoms in total. The Hall–Kier alpha value is -1.09. The van der Waals surface area contributed by atoms with Crippen LogP contribution in [0.25, 0.3) is 0 Å². The second-order valence-electron chi connectivity index (χ2n) is 2.83. The number of pyridine rings is 1. The third-order valence-corrected chi connectivity index (χ3v) is 1.72. The van der Waals surface area contributed by atoms with Crippen LogP contribution < -0.4 is 0 Å². The van der Waals surface area contributed by atoms with Crippen molar-refractivity contribution >= 4 is 17.6 Å². The third-order valence-electron chi connectivity index (χ3n) is 1.56. The molecule has 0 aliphatic rings. The van der Waals surface area contributed by atoms with Crippen LogP contribution in [0.5, 0.6) is 0 Å². The smallest absolute Gasteiger partial charge is 0.337 e. The maximum Gasteiger partial charge on any atom is 0.337 e. The van der Waals surface area contributed by atoms with E-state index in [4.69, 9.17) is 16.7 Å². The van der Waals surface area contributed by atoms with Crippen LogP contribution in [-0.2, 0) is 6.42 Å². The lowest BCUT2D eigenvalue weighted by Gasteiger charge is -2.01. The predicted molar refractivity (Wildman–Crippen MR) is 50.2 cm³/mol. The van der Waals surface area contributed by atoms with Gasteiger partial charge in [0, 0.05) is 23.7 Å². The summed E-state index contributed by atoms with van der Waals surface area (Å²) in [5.74, 6) is -0.960. The van der Waals surface area contributed by atoms with E-state index in [0.29, 0.717) is 6.42 Å². The first-order chi connectivity index (χ1) is 6.09. The molecule has 1 aromatic heterocycles. The van der Waals surface area contributed by atoms with Crippen molar-refractivity contribution in [1.29, 1.82) is 0 Å². The van der Waals surface area contributed by atoms with Crippen molar-refractivity contribution in [3.63, 3.8) is 0 Å². The topological polar surface area (TPSA) is 50.2 Å². The van der Waals surface area contributed by atoms with Gasteiger partial charge in [-0.2, -0.15) is 0 Å². The summed E-state index contributed by atoms with van der Waals surface area (Å²) in [5.41, 5.74) is 1.01. The average molecular weight is 200 g/mol. The van der Waals surface area contributed by atoms with Gasteiger partial charge in [0.05, 0.1) is 5.56 Å². The minimum atomic E-state index is -0.960. The zero-order valence-corrected chi connectivity index (χ0v) is 7.95. The molecule has 1 rings (SSSR count). The predicted octanol–water partition coefficient (Wildman–Crippen LogP) is 1.95. The summed E-state index contributed by atoms with van der Waals surface area (Å²) in [6.45, 7) is 1.87. The summed E-state index contributed by atoms with van der Waals surface area (Å²) in [5, 5.41) is 8.61. The number of nitrogens with zero attached hydrogens (tertiary/aromatic N) is 1. The highest BCUT2D eigenvalue weighted by Gasteiger charge is 2.04. The minimum Gasteiger partial charge on any atom is -0.478 e. The van der Waals surface area contributed by atoms with Crippen LogP contribution in [0.15, 0.2) is 18.3 Å². The Kier molecular flexibility index (Phi) is 3.25. The Labute approximate surface area is 81.4 Å². The molecule has 0 saturated heterocycles.